The summed E-state index contributed by atoms with van der Waals surface area (Å²) in [5.74, 6) is 0.725. The lowest BCUT2D eigenvalue weighted by Gasteiger charge is -2.03. The van der Waals surface area contributed by atoms with Crippen LogP contribution in [-0.2, 0) is 0 Å². The van der Waals surface area contributed by atoms with E-state index in [1.807, 2.05) is 31.2 Å². The highest BCUT2D eigenvalue weighted by Crippen LogP contribution is 2.19. The third-order valence-corrected chi connectivity index (χ3v) is 2.56. The van der Waals surface area contributed by atoms with Crippen LogP contribution in [0, 0.1) is 0 Å². The van der Waals surface area contributed by atoms with Gasteiger partial charge >= 0.3 is 0 Å². The van der Waals surface area contributed by atoms with Crippen LogP contribution in [0.5, 0.6) is 0 Å². The third-order valence-electron chi connectivity index (χ3n) is 2.56. The number of hydrogen-bond acceptors (Lipinski definition) is 3. The summed E-state index contributed by atoms with van der Waals surface area (Å²) in [5.41, 5.74) is 3.15. The van der Waals surface area contributed by atoms with E-state index in [1.54, 1.807) is 24.5 Å². The van der Waals surface area contributed by atoms with Gasteiger partial charge in [0.05, 0.1) is 6.61 Å². The Labute approximate surface area is 100 Å². The van der Waals surface area contributed by atoms with Gasteiger partial charge < -0.3 is 5.11 Å². The molecular formula is C14H14N2O. The molecule has 0 radical (unpaired) electrons. The molecule has 0 atom stereocenters. The van der Waals surface area contributed by atoms with E-state index in [0.29, 0.717) is 0 Å². The van der Waals surface area contributed by atoms with Crippen LogP contribution >= 0.6 is 0 Å². The van der Waals surface area contributed by atoms with Crippen LogP contribution in [0.3, 0.4) is 0 Å². The molecule has 0 saturated heterocycles. The highest BCUT2D eigenvalue weighted by atomic mass is 16.2. The van der Waals surface area contributed by atoms with Crippen LogP contribution < -0.4 is 0 Å². The number of rotatable bonds is 3. The summed E-state index contributed by atoms with van der Waals surface area (Å²) in [6.45, 7) is 2.04. The van der Waals surface area contributed by atoms with Crippen LogP contribution in [0.1, 0.15) is 12.5 Å². The van der Waals surface area contributed by atoms with Crippen molar-refractivity contribution in [3.05, 3.63) is 54.4 Å². The molecule has 86 valence electrons. The lowest BCUT2D eigenvalue weighted by atomic mass is 10.0. The Morgan fingerprint density at radius 2 is 1.82 bits per heavy atom. The summed E-state index contributed by atoms with van der Waals surface area (Å²) in [7, 11) is 0. The summed E-state index contributed by atoms with van der Waals surface area (Å²) in [6.07, 6.45) is 5.24. The fourth-order valence-corrected chi connectivity index (χ4v) is 1.59. The van der Waals surface area contributed by atoms with Gasteiger partial charge in [-0.05, 0) is 24.1 Å². The average Bonchev–Trinajstić information content (AvgIpc) is 2.40. The molecule has 3 heteroatoms. The van der Waals surface area contributed by atoms with E-state index >= 15 is 0 Å². The quantitative estimate of drug-likeness (QED) is 0.874. The van der Waals surface area contributed by atoms with Crippen molar-refractivity contribution in [3.8, 4) is 11.4 Å². The molecule has 0 aliphatic heterocycles. The van der Waals surface area contributed by atoms with Crippen molar-refractivity contribution in [2.24, 2.45) is 0 Å². The molecule has 1 heterocycles. The van der Waals surface area contributed by atoms with Gasteiger partial charge in [0, 0.05) is 18.0 Å². The van der Waals surface area contributed by atoms with Gasteiger partial charge in [-0.2, -0.15) is 0 Å². The molecule has 1 aromatic heterocycles. The molecule has 17 heavy (non-hydrogen) atoms. The minimum atomic E-state index is 0.0649. The minimum absolute atomic E-state index is 0.0649. The first-order valence-electron chi connectivity index (χ1n) is 5.46. The maximum Gasteiger partial charge on any atom is 0.159 e. The smallest absolute Gasteiger partial charge is 0.159 e. The van der Waals surface area contributed by atoms with Crippen molar-refractivity contribution >= 4 is 5.57 Å². The highest BCUT2D eigenvalue weighted by Gasteiger charge is 2.00. The lowest BCUT2D eigenvalue weighted by Crippen LogP contribution is -1.88. The molecule has 1 aromatic carbocycles. The third kappa shape index (κ3) is 2.77. The van der Waals surface area contributed by atoms with Gasteiger partial charge in [-0.15, -0.1) is 0 Å². The van der Waals surface area contributed by atoms with E-state index in [0.717, 1.165) is 22.5 Å². The van der Waals surface area contributed by atoms with Gasteiger partial charge in [-0.3, -0.25) is 0 Å². The Morgan fingerprint density at radius 3 is 2.41 bits per heavy atom. The van der Waals surface area contributed by atoms with E-state index in [4.69, 9.17) is 5.11 Å². The summed E-state index contributed by atoms with van der Waals surface area (Å²) < 4.78 is 0. The maximum atomic E-state index is 8.83. The van der Waals surface area contributed by atoms with E-state index in [-0.39, 0.29) is 6.61 Å². The Kier molecular flexibility index (Phi) is 3.62. The van der Waals surface area contributed by atoms with Gasteiger partial charge in [0.15, 0.2) is 5.82 Å². The first kappa shape index (κ1) is 11.5. The monoisotopic (exact) mass is 226 g/mol. The minimum Gasteiger partial charge on any atom is -0.392 e. The SMILES string of the molecule is CC(=CCO)c1ccc(-c2ncccn2)cc1. The summed E-state index contributed by atoms with van der Waals surface area (Å²) in [6, 6.07) is 9.78. The van der Waals surface area contributed by atoms with Crippen molar-refractivity contribution in [2.75, 3.05) is 6.61 Å². The van der Waals surface area contributed by atoms with Crippen LogP contribution in [0.2, 0.25) is 0 Å². The summed E-state index contributed by atoms with van der Waals surface area (Å²) in [5, 5.41) is 8.83. The standard InChI is InChI=1S/C14H14N2O/c1-11(7-10-17)12-3-5-13(6-4-12)14-15-8-2-9-16-14/h2-9,17H,10H2,1H3. The number of aliphatic hydroxyl groups excluding tert-OH is 1. The van der Waals surface area contributed by atoms with Gasteiger partial charge in [0.1, 0.15) is 0 Å². The number of benzene rings is 1. The van der Waals surface area contributed by atoms with Crippen LogP contribution in [-0.4, -0.2) is 21.7 Å². The predicted molar refractivity (Wildman–Crippen MR) is 68.2 cm³/mol. The van der Waals surface area contributed by atoms with Gasteiger partial charge in [0.2, 0.25) is 0 Å². The number of hydrogen-bond donors (Lipinski definition) is 1. The molecule has 0 spiro atoms. The largest absolute Gasteiger partial charge is 0.392 e. The molecule has 1 N–H and O–H groups in total. The first-order chi connectivity index (χ1) is 8.31. The van der Waals surface area contributed by atoms with Crippen LogP contribution in [0.15, 0.2) is 48.8 Å². The van der Waals surface area contributed by atoms with E-state index in [2.05, 4.69) is 9.97 Å². The molecule has 0 aliphatic carbocycles. The molecule has 0 fully saturated rings. The molecule has 3 nitrogen and oxygen atoms in total. The fraction of sp³-hybridized carbons (Fsp3) is 0.143. The number of nitrogens with zero attached hydrogens (tertiary/aromatic N) is 2. The summed E-state index contributed by atoms with van der Waals surface area (Å²) in [4.78, 5) is 8.39. The lowest BCUT2D eigenvalue weighted by molar-refractivity contribution is 0.343. The van der Waals surface area contributed by atoms with Crippen LogP contribution in [0.25, 0.3) is 17.0 Å². The van der Waals surface area contributed by atoms with Crippen molar-refractivity contribution in [3.63, 3.8) is 0 Å². The van der Waals surface area contributed by atoms with Crippen molar-refractivity contribution < 1.29 is 5.11 Å². The van der Waals surface area contributed by atoms with Gasteiger partial charge in [-0.1, -0.05) is 30.3 Å². The van der Waals surface area contributed by atoms with E-state index < -0.39 is 0 Å². The normalized spacial score (nSPS) is 11.5. The summed E-state index contributed by atoms with van der Waals surface area (Å²) >= 11 is 0. The van der Waals surface area contributed by atoms with E-state index in [1.165, 1.54) is 0 Å². The molecule has 0 aliphatic rings. The molecule has 0 unspecified atom stereocenters. The zero-order valence-electron chi connectivity index (χ0n) is 9.67. The fourth-order valence-electron chi connectivity index (χ4n) is 1.59. The van der Waals surface area contributed by atoms with Crippen molar-refractivity contribution in [2.45, 2.75) is 6.92 Å². The second-order valence-corrected chi connectivity index (χ2v) is 3.72. The predicted octanol–water partition coefficient (Wildman–Crippen LogP) is 2.54. The van der Waals surface area contributed by atoms with E-state index in [9.17, 15) is 0 Å². The van der Waals surface area contributed by atoms with Crippen LogP contribution in [0.4, 0.5) is 0 Å². The zero-order valence-corrected chi connectivity index (χ0v) is 9.67. The maximum absolute atomic E-state index is 8.83. The molecule has 0 saturated carbocycles. The van der Waals surface area contributed by atoms with Crippen molar-refractivity contribution in [1.82, 2.24) is 9.97 Å². The Morgan fingerprint density at radius 1 is 1.18 bits per heavy atom. The van der Waals surface area contributed by atoms with Gasteiger partial charge in [0.25, 0.3) is 0 Å². The second kappa shape index (κ2) is 5.37. The molecule has 2 aromatic rings. The Bertz CT molecular complexity index is 504. The highest BCUT2D eigenvalue weighted by molar-refractivity contribution is 5.66. The molecular weight excluding hydrogens is 212 g/mol. The number of aliphatic hydroxyl groups is 1. The Balaban J connectivity index is 2.28. The zero-order chi connectivity index (χ0) is 12.1. The van der Waals surface area contributed by atoms with Gasteiger partial charge in [-0.25, -0.2) is 9.97 Å². The number of allylic oxidation sites excluding steroid dienone is 1. The second-order valence-electron chi connectivity index (χ2n) is 3.72. The molecule has 2 rings (SSSR count). The Hall–Kier alpha value is -2.00. The number of aromatic nitrogens is 2. The molecule has 0 bridgehead atoms. The topological polar surface area (TPSA) is 46.0 Å². The molecule has 0 amide bonds. The first-order valence-corrected chi connectivity index (χ1v) is 5.46. The average molecular weight is 226 g/mol. The van der Waals surface area contributed by atoms with Crippen molar-refractivity contribution in [1.29, 1.82) is 0 Å².